The van der Waals surface area contributed by atoms with E-state index in [4.69, 9.17) is 5.73 Å². The van der Waals surface area contributed by atoms with Gasteiger partial charge in [0.15, 0.2) is 0 Å². The van der Waals surface area contributed by atoms with Gasteiger partial charge in [0.25, 0.3) is 0 Å². The molecule has 1 aromatic carbocycles. The van der Waals surface area contributed by atoms with E-state index in [1.165, 1.54) is 24.9 Å². The number of nitrogens with two attached hydrogens (primary N) is 1. The van der Waals surface area contributed by atoms with Crippen molar-refractivity contribution in [2.45, 2.75) is 38.3 Å². The molecular weight excluding hydrogens is 276 g/mol. The standard InChI is InChI=1S/C14H21BrN2/c1-2-8-17-9-4-7-13(16)14(17)11-5-3-6-12(15)10-11/h3,5-6,10,13-14H,2,4,7-9,16H2,1H3. The van der Waals surface area contributed by atoms with Crippen LogP contribution < -0.4 is 5.73 Å². The smallest absolute Gasteiger partial charge is 0.0499 e. The predicted octanol–water partition coefficient (Wildman–Crippen LogP) is 3.32. The van der Waals surface area contributed by atoms with Gasteiger partial charge in [-0.05, 0) is 50.0 Å². The number of likely N-dealkylation sites (tertiary alicyclic amines) is 1. The van der Waals surface area contributed by atoms with Crippen molar-refractivity contribution in [1.29, 1.82) is 0 Å². The minimum Gasteiger partial charge on any atom is -0.326 e. The van der Waals surface area contributed by atoms with Crippen molar-refractivity contribution >= 4 is 15.9 Å². The highest BCUT2D eigenvalue weighted by Gasteiger charge is 2.29. The number of nitrogens with zero attached hydrogens (tertiary/aromatic N) is 1. The number of hydrogen-bond acceptors (Lipinski definition) is 2. The van der Waals surface area contributed by atoms with Crippen LogP contribution in [0.3, 0.4) is 0 Å². The summed E-state index contributed by atoms with van der Waals surface area (Å²) in [5.74, 6) is 0. The Balaban J connectivity index is 2.24. The molecule has 1 aliphatic rings. The first kappa shape index (κ1) is 13.1. The van der Waals surface area contributed by atoms with E-state index in [9.17, 15) is 0 Å². The van der Waals surface area contributed by atoms with Gasteiger partial charge in [-0.2, -0.15) is 0 Å². The van der Waals surface area contributed by atoms with E-state index in [1.807, 2.05) is 0 Å². The second-order valence-corrected chi connectivity index (χ2v) is 5.76. The summed E-state index contributed by atoms with van der Waals surface area (Å²) in [6.45, 7) is 4.56. The minimum absolute atomic E-state index is 0.268. The molecule has 1 aromatic rings. The maximum Gasteiger partial charge on any atom is 0.0499 e. The molecule has 2 N–H and O–H groups in total. The molecule has 2 atom stereocenters. The van der Waals surface area contributed by atoms with Gasteiger partial charge in [-0.1, -0.05) is 35.0 Å². The molecule has 0 amide bonds. The third-order valence-corrected chi connectivity index (χ3v) is 3.98. The molecule has 0 radical (unpaired) electrons. The topological polar surface area (TPSA) is 29.3 Å². The molecule has 0 bridgehead atoms. The Labute approximate surface area is 112 Å². The second kappa shape index (κ2) is 5.98. The van der Waals surface area contributed by atoms with Gasteiger partial charge in [-0.15, -0.1) is 0 Å². The Morgan fingerprint density at radius 2 is 2.29 bits per heavy atom. The number of rotatable bonds is 3. The van der Waals surface area contributed by atoms with Gasteiger partial charge in [-0.25, -0.2) is 0 Å². The lowest BCUT2D eigenvalue weighted by atomic mass is 9.91. The normalized spacial score (nSPS) is 26.1. The molecule has 2 rings (SSSR count). The van der Waals surface area contributed by atoms with E-state index in [0.29, 0.717) is 6.04 Å². The molecule has 17 heavy (non-hydrogen) atoms. The van der Waals surface area contributed by atoms with Gasteiger partial charge in [0.2, 0.25) is 0 Å². The Hall–Kier alpha value is -0.380. The quantitative estimate of drug-likeness (QED) is 0.927. The minimum atomic E-state index is 0.268. The van der Waals surface area contributed by atoms with Crippen LogP contribution in [-0.2, 0) is 0 Å². The second-order valence-electron chi connectivity index (χ2n) is 4.84. The van der Waals surface area contributed by atoms with Crippen LogP contribution in [0.2, 0.25) is 0 Å². The monoisotopic (exact) mass is 296 g/mol. The fraction of sp³-hybridized carbons (Fsp3) is 0.571. The summed E-state index contributed by atoms with van der Waals surface area (Å²) in [6, 6.07) is 9.24. The van der Waals surface area contributed by atoms with Gasteiger partial charge >= 0.3 is 0 Å². The average Bonchev–Trinajstić information content (AvgIpc) is 2.29. The number of benzene rings is 1. The maximum atomic E-state index is 6.32. The van der Waals surface area contributed by atoms with E-state index in [-0.39, 0.29) is 6.04 Å². The summed E-state index contributed by atoms with van der Waals surface area (Å²) in [5.41, 5.74) is 7.67. The molecule has 0 spiro atoms. The summed E-state index contributed by atoms with van der Waals surface area (Å²) in [5, 5.41) is 0. The summed E-state index contributed by atoms with van der Waals surface area (Å²) >= 11 is 3.55. The van der Waals surface area contributed by atoms with Crippen molar-refractivity contribution in [1.82, 2.24) is 4.90 Å². The van der Waals surface area contributed by atoms with Crippen LogP contribution in [0.25, 0.3) is 0 Å². The van der Waals surface area contributed by atoms with Gasteiger partial charge in [0.05, 0.1) is 0 Å². The summed E-state index contributed by atoms with van der Waals surface area (Å²) in [4.78, 5) is 2.54. The van der Waals surface area contributed by atoms with E-state index in [2.05, 4.69) is 52.0 Å². The average molecular weight is 297 g/mol. The molecule has 94 valence electrons. The Kier molecular flexibility index (Phi) is 4.60. The molecule has 0 saturated carbocycles. The lowest BCUT2D eigenvalue weighted by Gasteiger charge is -2.40. The zero-order valence-corrected chi connectivity index (χ0v) is 12.0. The van der Waals surface area contributed by atoms with Crippen molar-refractivity contribution in [3.8, 4) is 0 Å². The first-order valence-electron chi connectivity index (χ1n) is 6.47. The first-order chi connectivity index (χ1) is 8.22. The molecule has 0 aliphatic carbocycles. The molecule has 2 unspecified atom stereocenters. The summed E-state index contributed by atoms with van der Waals surface area (Å²) in [6.07, 6.45) is 3.56. The van der Waals surface area contributed by atoms with Crippen molar-refractivity contribution in [3.05, 3.63) is 34.3 Å². The zero-order valence-electron chi connectivity index (χ0n) is 10.4. The van der Waals surface area contributed by atoms with Crippen molar-refractivity contribution in [2.75, 3.05) is 13.1 Å². The maximum absolute atomic E-state index is 6.32. The van der Waals surface area contributed by atoms with Crippen LogP contribution >= 0.6 is 15.9 Å². The molecule has 3 heteroatoms. The van der Waals surface area contributed by atoms with Crippen LogP contribution in [0.4, 0.5) is 0 Å². The van der Waals surface area contributed by atoms with E-state index in [0.717, 1.165) is 17.4 Å². The van der Waals surface area contributed by atoms with Gasteiger partial charge in [0.1, 0.15) is 0 Å². The molecule has 1 heterocycles. The SMILES string of the molecule is CCCN1CCCC(N)C1c1cccc(Br)c1. The van der Waals surface area contributed by atoms with Gasteiger partial charge in [-0.3, -0.25) is 4.90 Å². The van der Waals surface area contributed by atoms with E-state index >= 15 is 0 Å². The molecule has 0 aromatic heterocycles. The molecular formula is C14H21BrN2. The van der Waals surface area contributed by atoms with Crippen LogP contribution in [-0.4, -0.2) is 24.0 Å². The largest absolute Gasteiger partial charge is 0.326 e. The van der Waals surface area contributed by atoms with E-state index < -0.39 is 0 Å². The molecule has 1 fully saturated rings. The van der Waals surface area contributed by atoms with Gasteiger partial charge < -0.3 is 5.73 Å². The Morgan fingerprint density at radius 1 is 1.47 bits per heavy atom. The number of piperidine rings is 1. The van der Waals surface area contributed by atoms with Crippen molar-refractivity contribution < 1.29 is 0 Å². The predicted molar refractivity (Wildman–Crippen MR) is 76.0 cm³/mol. The highest BCUT2D eigenvalue weighted by molar-refractivity contribution is 9.10. The lowest BCUT2D eigenvalue weighted by Crippen LogP contribution is -2.46. The Bertz CT molecular complexity index is 365. The van der Waals surface area contributed by atoms with Gasteiger partial charge in [0, 0.05) is 16.6 Å². The first-order valence-corrected chi connectivity index (χ1v) is 7.26. The number of halogens is 1. The summed E-state index contributed by atoms with van der Waals surface area (Å²) < 4.78 is 1.14. The molecule has 1 saturated heterocycles. The zero-order chi connectivity index (χ0) is 12.3. The van der Waals surface area contributed by atoms with Crippen LogP contribution in [0.15, 0.2) is 28.7 Å². The van der Waals surface area contributed by atoms with Crippen LogP contribution in [0.5, 0.6) is 0 Å². The third-order valence-electron chi connectivity index (χ3n) is 3.48. The van der Waals surface area contributed by atoms with E-state index in [1.54, 1.807) is 0 Å². The highest BCUT2D eigenvalue weighted by Crippen LogP contribution is 2.31. The fourth-order valence-corrected chi connectivity index (χ4v) is 3.20. The highest BCUT2D eigenvalue weighted by atomic mass is 79.9. The number of hydrogen-bond donors (Lipinski definition) is 1. The summed E-state index contributed by atoms with van der Waals surface area (Å²) in [7, 11) is 0. The molecule has 2 nitrogen and oxygen atoms in total. The third kappa shape index (κ3) is 3.09. The van der Waals surface area contributed by atoms with Crippen LogP contribution in [0.1, 0.15) is 37.8 Å². The van der Waals surface area contributed by atoms with Crippen molar-refractivity contribution in [2.24, 2.45) is 5.73 Å². The lowest BCUT2D eigenvalue weighted by molar-refractivity contribution is 0.128. The fourth-order valence-electron chi connectivity index (χ4n) is 2.78. The van der Waals surface area contributed by atoms with Crippen molar-refractivity contribution in [3.63, 3.8) is 0 Å². The Morgan fingerprint density at radius 3 is 3.00 bits per heavy atom. The van der Waals surface area contributed by atoms with Crippen LogP contribution in [0, 0.1) is 0 Å². The molecule has 1 aliphatic heterocycles.